The summed E-state index contributed by atoms with van der Waals surface area (Å²) in [6.07, 6.45) is 1.79. The summed E-state index contributed by atoms with van der Waals surface area (Å²) in [6, 6.07) is 14.3. The number of benzene rings is 1. The Balaban J connectivity index is 1.64. The first-order valence-corrected chi connectivity index (χ1v) is 8.24. The third-order valence-corrected chi connectivity index (χ3v) is 4.68. The minimum atomic E-state index is 0.697. The second-order valence-corrected chi connectivity index (χ2v) is 7.41. The summed E-state index contributed by atoms with van der Waals surface area (Å²) in [5.74, 6) is 1.56. The molecular weight excluding hydrogens is 348 g/mol. The highest BCUT2D eigenvalue weighted by molar-refractivity contribution is 9.11. The van der Waals surface area contributed by atoms with Gasteiger partial charge in [-0.05, 0) is 35.1 Å². The lowest BCUT2D eigenvalue weighted by atomic mass is 10.2. The van der Waals surface area contributed by atoms with Gasteiger partial charge in [0.1, 0.15) is 0 Å². The van der Waals surface area contributed by atoms with E-state index in [0.717, 1.165) is 27.5 Å². The monoisotopic (exact) mass is 362 g/mol. The molecule has 0 N–H and O–H groups in total. The number of hydrogen-bond donors (Lipinski definition) is 0. The number of oxazole rings is 1. The smallest absolute Gasteiger partial charge is 0.209 e. The van der Waals surface area contributed by atoms with Gasteiger partial charge in [-0.1, -0.05) is 30.3 Å². The summed E-state index contributed by atoms with van der Waals surface area (Å²) < 4.78 is 6.99. The lowest BCUT2D eigenvalue weighted by Crippen LogP contribution is -2.16. The molecule has 3 aromatic rings. The fourth-order valence-electron chi connectivity index (χ4n) is 2.11. The summed E-state index contributed by atoms with van der Waals surface area (Å²) in [6.45, 7) is 1.58. The Hall–Kier alpha value is -1.43. The van der Waals surface area contributed by atoms with Gasteiger partial charge < -0.3 is 4.42 Å². The van der Waals surface area contributed by atoms with Crippen molar-refractivity contribution < 1.29 is 4.42 Å². The first-order valence-electron chi connectivity index (χ1n) is 6.63. The van der Waals surface area contributed by atoms with E-state index in [1.54, 1.807) is 17.5 Å². The van der Waals surface area contributed by atoms with Crippen molar-refractivity contribution in [1.29, 1.82) is 0 Å². The predicted octanol–water partition coefficient (Wildman–Crippen LogP) is 4.80. The van der Waals surface area contributed by atoms with Gasteiger partial charge in [0.05, 0.1) is 16.5 Å². The quantitative estimate of drug-likeness (QED) is 0.652. The van der Waals surface area contributed by atoms with Gasteiger partial charge in [-0.15, -0.1) is 11.3 Å². The Morgan fingerprint density at radius 3 is 2.67 bits per heavy atom. The Morgan fingerprint density at radius 2 is 1.95 bits per heavy atom. The van der Waals surface area contributed by atoms with Gasteiger partial charge in [0.15, 0.2) is 5.76 Å². The highest BCUT2D eigenvalue weighted by Gasteiger charge is 2.09. The van der Waals surface area contributed by atoms with Gasteiger partial charge in [0.25, 0.3) is 0 Å². The van der Waals surface area contributed by atoms with Gasteiger partial charge in [-0.3, -0.25) is 4.90 Å². The molecule has 21 heavy (non-hydrogen) atoms. The maximum Gasteiger partial charge on any atom is 0.209 e. The molecule has 0 spiro atoms. The predicted molar refractivity (Wildman–Crippen MR) is 89.1 cm³/mol. The zero-order valence-corrected chi connectivity index (χ0v) is 14.0. The normalized spacial score (nSPS) is 11.2. The second kappa shape index (κ2) is 6.56. The van der Waals surface area contributed by atoms with Crippen LogP contribution in [0.25, 0.3) is 11.3 Å². The van der Waals surface area contributed by atoms with E-state index in [4.69, 9.17) is 4.42 Å². The minimum Gasteiger partial charge on any atom is -0.439 e. The van der Waals surface area contributed by atoms with E-state index >= 15 is 0 Å². The number of halogens is 1. The Bertz CT molecular complexity index is 708. The van der Waals surface area contributed by atoms with Gasteiger partial charge in [-0.2, -0.15) is 0 Å². The van der Waals surface area contributed by atoms with Crippen molar-refractivity contribution >= 4 is 27.3 Å². The van der Waals surface area contributed by atoms with Crippen LogP contribution < -0.4 is 0 Å². The fraction of sp³-hybridized carbons (Fsp3) is 0.188. The van der Waals surface area contributed by atoms with Crippen LogP contribution in [0.1, 0.15) is 10.8 Å². The number of nitrogens with zero attached hydrogens (tertiary/aromatic N) is 2. The molecule has 0 radical (unpaired) electrons. The van der Waals surface area contributed by atoms with Crippen molar-refractivity contribution in [3.63, 3.8) is 0 Å². The number of thiophene rings is 1. The molecule has 0 atom stereocenters. The molecule has 108 valence electrons. The molecule has 0 aliphatic rings. The highest BCUT2D eigenvalue weighted by Crippen LogP contribution is 2.24. The van der Waals surface area contributed by atoms with E-state index in [1.807, 2.05) is 30.3 Å². The van der Waals surface area contributed by atoms with Crippen molar-refractivity contribution in [3.8, 4) is 11.3 Å². The Kier molecular flexibility index (Phi) is 4.53. The van der Waals surface area contributed by atoms with Gasteiger partial charge in [-0.25, -0.2) is 4.98 Å². The van der Waals surface area contributed by atoms with E-state index in [9.17, 15) is 0 Å². The number of aromatic nitrogens is 1. The molecule has 0 aliphatic heterocycles. The van der Waals surface area contributed by atoms with E-state index in [-0.39, 0.29) is 0 Å². The highest BCUT2D eigenvalue weighted by atomic mass is 79.9. The van der Waals surface area contributed by atoms with Crippen LogP contribution in [-0.4, -0.2) is 16.9 Å². The minimum absolute atomic E-state index is 0.697. The Morgan fingerprint density at radius 1 is 1.14 bits per heavy atom. The second-order valence-electron chi connectivity index (χ2n) is 4.86. The first-order chi connectivity index (χ1) is 10.2. The first kappa shape index (κ1) is 14.5. The number of rotatable bonds is 5. The van der Waals surface area contributed by atoms with Crippen LogP contribution in [0.15, 0.2) is 56.9 Å². The van der Waals surface area contributed by atoms with E-state index in [2.05, 4.69) is 45.0 Å². The molecule has 0 aliphatic carbocycles. The van der Waals surface area contributed by atoms with Crippen molar-refractivity contribution in [2.75, 3.05) is 7.05 Å². The SMILES string of the molecule is CN(Cc1ncc(-c2ccccc2)o1)Cc1ccc(Br)s1. The van der Waals surface area contributed by atoms with Crippen LogP contribution >= 0.6 is 27.3 Å². The van der Waals surface area contributed by atoms with Crippen LogP contribution in [0.5, 0.6) is 0 Å². The lowest BCUT2D eigenvalue weighted by molar-refractivity contribution is 0.285. The molecule has 2 heterocycles. The van der Waals surface area contributed by atoms with Crippen molar-refractivity contribution in [3.05, 3.63) is 63.2 Å². The van der Waals surface area contributed by atoms with Crippen LogP contribution in [0.3, 0.4) is 0 Å². The van der Waals surface area contributed by atoms with E-state index in [0.29, 0.717) is 6.54 Å². The van der Waals surface area contributed by atoms with E-state index in [1.165, 1.54) is 4.88 Å². The average molecular weight is 363 g/mol. The zero-order chi connectivity index (χ0) is 14.7. The average Bonchev–Trinajstić information content (AvgIpc) is 3.09. The summed E-state index contributed by atoms with van der Waals surface area (Å²) >= 11 is 5.24. The molecule has 0 fully saturated rings. The molecule has 3 nitrogen and oxygen atoms in total. The van der Waals surface area contributed by atoms with Crippen molar-refractivity contribution in [2.45, 2.75) is 13.1 Å². The summed E-state index contributed by atoms with van der Waals surface area (Å²) in [4.78, 5) is 7.88. The zero-order valence-electron chi connectivity index (χ0n) is 11.6. The fourth-order valence-corrected chi connectivity index (χ4v) is 3.67. The Labute approximate surface area is 136 Å². The van der Waals surface area contributed by atoms with Crippen LogP contribution in [0.4, 0.5) is 0 Å². The maximum absolute atomic E-state index is 5.82. The van der Waals surface area contributed by atoms with Gasteiger partial charge in [0, 0.05) is 17.0 Å². The third kappa shape index (κ3) is 3.81. The molecule has 0 amide bonds. The largest absolute Gasteiger partial charge is 0.439 e. The van der Waals surface area contributed by atoms with Crippen molar-refractivity contribution in [1.82, 2.24) is 9.88 Å². The topological polar surface area (TPSA) is 29.3 Å². The number of hydrogen-bond acceptors (Lipinski definition) is 4. The van der Waals surface area contributed by atoms with Crippen LogP contribution in [-0.2, 0) is 13.1 Å². The molecule has 2 aromatic heterocycles. The van der Waals surface area contributed by atoms with Crippen LogP contribution in [0.2, 0.25) is 0 Å². The molecular formula is C16H15BrN2OS. The van der Waals surface area contributed by atoms with Crippen LogP contribution in [0, 0.1) is 0 Å². The molecule has 0 saturated heterocycles. The molecule has 3 rings (SSSR count). The summed E-state index contributed by atoms with van der Waals surface area (Å²) in [5.41, 5.74) is 1.06. The van der Waals surface area contributed by atoms with Crippen molar-refractivity contribution in [2.24, 2.45) is 0 Å². The summed E-state index contributed by atoms with van der Waals surface area (Å²) in [7, 11) is 2.07. The third-order valence-electron chi connectivity index (χ3n) is 3.07. The molecule has 5 heteroatoms. The molecule has 0 saturated carbocycles. The lowest BCUT2D eigenvalue weighted by Gasteiger charge is -2.12. The molecule has 0 unspecified atom stereocenters. The van der Waals surface area contributed by atoms with Gasteiger partial charge in [0.2, 0.25) is 5.89 Å². The summed E-state index contributed by atoms with van der Waals surface area (Å²) in [5, 5.41) is 0. The molecule has 1 aromatic carbocycles. The standard InChI is InChI=1S/C16H15BrN2OS/c1-19(10-13-7-8-15(17)21-13)11-16-18-9-14(20-16)12-5-3-2-4-6-12/h2-9H,10-11H2,1H3. The maximum atomic E-state index is 5.82. The molecule has 0 bridgehead atoms. The van der Waals surface area contributed by atoms with E-state index < -0.39 is 0 Å². The van der Waals surface area contributed by atoms with Gasteiger partial charge >= 0.3 is 0 Å².